The van der Waals surface area contributed by atoms with Gasteiger partial charge in [0.25, 0.3) is 5.56 Å². The van der Waals surface area contributed by atoms with Crippen LogP contribution in [-0.2, 0) is 25.5 Å². The molecule has 10 nitrogen and oxygen atoms in total. The average Bonchev–Trinajstić information content (AvgIpc) is 3.55. The number of anilines is 2. The molecular formula is C25H29N5O5S. The molecular weight excluding hydrogens is 482 g/mol. The van der Waals surface area contributed by atoms with Crippen LogP contribution in [-0.4, -0.2) is 55.4 Å². The number of hydrogen-bond donors (Lipinski definition) is 2. The molecule has 1 aromatic carbocycles. The summed E-state index contributed by atoms with van der Waals surface area (Å²) in [6.07, 6.45) is 4.61. The molecule has 0 unspecified atom stereocenters. The number of benzene rings is 1. The molecule has 1 fully saturated rings. The molecule has 1 saturated carbocycles. The fourth-order valence-electron chi connectivity index (χ4n) is 4.16. The summed E-state index contributed by atoms with van der Waals surface area (Å²) in [5, 5.41) is 15.8. The molecule has 0 radical (unpaired) electrons. The van der Waals surface area contributed by atoms with Gasteiger partial charge in [0.05, 0.1) is 19.3 Å². The molecule has 1 aliphatic heterocycles. The zero-order valence-corrected chi connectivity index (χ0v) is 21.1. The lowest BCUT2D eigenvalue weighted by atomic mass is 10.2. The molecule has 2 aliphatic rings. The van der Waals surface area contributed by atoms with Gasteiger partial charge in [-0.15, -0.1) is 11.3 Å². The van der Waals surface area contributed by atoms with Gasteiger partial charge in [0.1, 0.15) is 33.5 Å². The van der Waals surface area contributed by atoms with E-state index in [-0.39, 0.29) is 30.2 Å². The maximum Gasteiger partial charge on any atom is 0.270 e. The van der Waals surface area contributed by atoms with E-state index in [2.05, 4.69) is 21.7 Å². The molecule has 1 aromatic heterocycles. The molecule has 1 aliphatic carbocycles. The second-order valence-electron chi connectivity index (χ2n) is 8.36. The second-order valence-corrected chi connectivity index (χ2v) is 9.39. The summed E-state index contributed by atoms with van der Waals surface area (Å²) in [6, 6.07) is 9.43. The monoisotopic (exact) mass is 511 g/mol. The van der Waals surface area contributed by atoms with Crippen molar-refractivity contribution in [2.24, 2.45) is 4.99 Å². The number of carbonyl (C=O) groups is 1. The van der Waals surface area contributed by atoms with Crippen LogP contribution in [0.1, 0.15) is 26.2 Å². The smallest absolute Gasteiger partial charge is 0.270 e. The number of aromatic nitrogens is 1. The Labute approximate surface area is 212 Å². The van der Waals surface area contributed by atoms with Crippen LogP contribution in [0.4, 0.5) is 11.4 Å². The Morgan fingerprint density at radius 1 is 1.36 bits per heavy atom. The third-order valence-corrected chi connectivity index (χ3v) is 7.04. The van der Waals surface area contributed by atoms with Crippen molar-refractivity contribution in [1.82, 2.24) is 4.57 Å². The minimum atomic E-state index is -0.276. The first-order valence-corrected chi connectivity index (χ1v) is 12.7. The van der Waals surface area contributed by atoms with E-state index in [1.54, 1.807) is 36.1 Å². The highest BCUT2D eigenvalue weighted by atomic mass is 32.1. The number of methoxy groups -OCH3 is 1. The number of nitrogens with one attached hydrogen (secondary N) is 2. The zero-order valence-electron chi connectivity index (χ0n) is 20.3. The van der Waals surface area contributed by atoms with Crippen molar-refractivity contribution in [2.45, 2.75) is 44.9 Å². The van der Waals surface area contributed by atoms with Crippen LogP contribution < -0.4 is 25.4 Å². The normalized spacial score (nSPS) is 19.8. The Balaban J connectivity index is 1.54. The summed E-state index contributed by atoms with van der Waals surface area (Å²) >= 11 is 1.22. The first-order valence-electron chi connectivity index (χ1n) is 11.9. The summed E-state index contributed by atoms with van der Waals surface area (Å²) in [6.45, 7) is 2.96. The quantitative estimate of drug-likeness (QED) is 0.462. The number of nitrogens with zero attached hydrogens (tertiary/aromatic N) is 3. The van der Waals surface area contributed by atoms with E-state index in [1.165, 1.54) is 11.3 Å². The number of ether oxygens (including phenoxy) is 3. The molecule has 0 saturated heterocycles. The molecule has 36 heavy (non-hydrogen) atoms. The molecule has 2 heterocycles. The molecule has 4 rings (SSSR count). The molecule has 2 atom stereocenters. The minimum Gasteiger partial charge on any atom is -0.471 e. The van der Waals surface area contributed by atoms with Gasteiger partial charge in [0.15, 0.2) is 0 Å². The van der Waals surface area contributed by atoms with Crippen molar-refractivity contribution in [3.05, 3.63) is 43.8 Å². The van der Waals surface area contributed by atoms with Crippen LogP contribution in [0.2, 0.25) is 0 Å². The molecule has 1 amide bonds. The molecule has 2 aromatic rings. The number of hydrogen-bond acceptors (Lipinski definition) is 9. The molecule has 0 spiro atoms. The Hall–Kier alpha value is -3.46. The maximum atomic E-state index is 13.1. The lowest BCUT2D eigenvalue weighted by Gasteiger charge is -2.08. The average molecular weight is 512 g/mol. The van der Waals surface area contributed by atoms with E-state index >= 15 is 0 Å². The van der Waals surface area contributed by atoms with Crippen molar-refractivity contribution in [3.8, 4) is 6.07 Å². The van der Waals surface area contributed by atoms with E-state index in [0.717, 1.165) is 19.3 Å². The van der Waals surface area contributed by atoms with Gasteiger partial charge in [-0.25, -0.2) is 4.99 Å². The van der Waals surface area contributed by atoms with Gasteiger partial charge < -0.3 is 24.8 Å². The van der Waals surface area contributed by atoms with Gasteiger partial charge in [-0.05, 0) is 44.4 Å². The number of rotatable bonds is 10. The number of amides is 1. The third-order valence-electron chi connectivity index (χ3n) is 5.91. The standard InChI is InChI=1S/C25H29N5O5S/c1-3-30-24(32)21(36-25(30)18(13-26)23-29-19-8-5-9-20(19)35-23)14-27-16-6-4-7-17(12-16)28-22(31)15-34-11-10-33-2/h4,6-7,12,14,19-20,27H,3,5,8-11,15H2,1-2H3,(H,28,31)/b21-14+,25-18-/t19-,20+/m0/s1. The van der Waals surface area contributed by atoms with Gasteiger partial charge >= 0.3 is 0 Å². The minimum absolute atomic E-state index is 0.0301. The van der Waals surface area contributed by atoms with Crippen LogP contribution in [0, 0.1) is 11.3 Å². The van der Waals surface area contributed by atoms with Gasteiger partial charge in [0.2, 0.25) is 11.8 Å². The number of fused-ring (bicyclic) bond motifs is 1. The summed E-state index contributed by atoms with van der Waals surface area (Å²) < 4.78 is 18.6. The lowest BCUT2D eigenvalue weighted by molar-refractivity contribution is -0.121. The topological polar surface area (TPSA) is 127 Å². The fourth-order valence-corrected chi connectivity index (χ4v) is 5.24. The number of carbonyl (C=O) groups excluding carboxylic acids is 1. The van der Waals surface area contributed by atoms with E-state index in [0.29, 0.717) is 51.8 Å². The van der Waals surface area contributed by atoms with Crippen LogP contribution in [0.15, 0.2) is 34.1 Å². The van der Waals surface area contributed by atoms with Crippen molar-refractivity contribution < 1.29 is 19.0 Å². The van der Waals surface area contributed by atoms with E-state index in [4.69, 9.17) is 14.2 Å². The first-order chi connectivity index (χ1) is 17.5. The van der Waals surface area contributed by atoms with E-state index < -0.39 is 0 Å². The van der Waals surface area contributed by atoms with Crippen LogP contribution in [0.5, 0.6) is 0 Å². The van der Waals surface area contributed by atoms with Crippen molar-refractivity contribution in [2.75, 3.05) is 37.6 Å². The van der Waals surface area contributed by atoms with Crippen LogP contribution >= 0.6 is 11.3 Å². The zero-order chi connectivity index (χ0) is 25.5. The number of nitriles is 1. The van der Waals surface area contributed by atoms with E-state index in [9.17, 15) is 14.9 Å². The summed E-state index contributed by atoms with van der Waals surface area (Å²) in [7, 11) is 1.57. The lowest BCUT2D eigenvalue weighted by Crippen LogP contribution is -2.32. The predicted molar refractivity (Wildman–Crippen MR) is 138 cm³/mol. The van der Waals surface area contributed by atoms with Crippen molar-refractivity contribution >= 4 is 46.3 Å². The van der Waals surface area contributed by atoms with Crippen LogP contribution in [0.25, 0.3) is 11.8 Å². The highest BCUT2D eigenvalue weighted by Gasteiger charge is 2.36. The molecule has 0 bridgehead atoms. The Bertz CT molecular complexity index is 1360. The fraction of sp³-hybridized carbons (Fsp3) is 0.440. The molecule has 2 N–H and O–H groups in total. The Morgan fingerprint density at radius 3 is 2.94 bits per heavy atom. The first kappa shape index (κ1) is 25.6. The number of aliphatic imine (C=N–C) groups is 1. The van der Waals surface area contributed by atoms with Gasteiger partial charge in [-0.3, -0.25) is 14.2 Å². The van der Waals surface area contributed by atoms with Gasteiger partial charge in [-0.1, -0.05) is 6.07 Å². The largest absolute Gasteiger partial charge is 0.471 e. The highest BCUT2D eigenvalue weighted by molar-refractivity contribution is 7.07. The van der Waals surface area contributed by atoms with Crippen LogP contribution in [0.3, 0.4) is 0 Å². The Kier molecular flexibility index (Phi) is 8.53. The number of thiazole rings is 1. The summed E-state index contributed by atoms with van der Waals surface area (Å²) in [4.78, 5) is 29.7. The highest BCUT2D eigenvalue weighted by Crippen LogP contribution is 2.31. The SMILES string of the molecule is CCn1c(=O)/c(=C\Nc2cccc(NC(=O)COCCOC)c2)s/c1=C(/C#N)C1=N[C@H]2CCC[C@H]2O1. The maximum absolute atomic E-state index is 13.1. The van der Waals surface area contributed by atoms with Gasteiger partial charge in [0, 0.05) is 31.2 Å². The molecule has 11 heteroatoms. The predicted octanol–water partition coefficient (Wildman–Crippen LogP) is 1.41. The second kappa shape index (κ2) is 12.0. The summed E-state index contributed by atoms with van der Waals surface area (Å²) in [5.74, 6) is 0.0616. The van der Waals surface area contributed by atoms with Gasteiger partial charge in [-0.2, -0.15) is 5.26 Å². The van der Waals surface area contributed by atoms with E-state index in [1.807, 2.05) is 13.0 Å². The third kappa shape index (κ3) is 5.84. The van der Waals surface area contributed by atoms with Crippen molar-refractivity contribution in [3.63, 3.8) is 0 Å². The van der Waals surface area contributed by atoms with Crippen molar-refractivity contribution in [1.29, 1.82) is 5.26 Å². The molecule has 190 valence electrons. The Morgan fingerprint density at radius 2 is 2.19 bits per heavy atom. The summed E-state index contributed by atoms with van der Waals surface area (Å²) in [5.41, 5.74) is 1.37.